The van der Waals surface area contributed by atoms with Gasteiger partial charge in [-0.25, -0.2) is 0 Å². The first-order valence-corrected chi connectivity index (χ1v) is 10.9. The molecule has 0 aliphatic rings. The van der Waals surface area contributed by atoms with Crippen molar-refractivity contribution in [3.05, 3.63) is 89.5 Å². The summed E-state index contributed by atoms with van der Waals surface area (Å²) in [5.74, 6) is 0.0400. The van der Waals surface area contributed by atoms with E-state index in [9.17, 15) is 18.0 Å². The van der Waals surface area contributed by atoms with Crippen LogP contribution >= 0.6 is 11.8 Å². The van der Waals surface area contributed by atoms with Gasteiger partial charge in [-0.2, -0.15) is 13.2 Å². The fourth-order valence-electron chi connectivity index (χ4n) is 3.28. The molecular formula is C25H24F3NOS. The Labute approximate surface area is 184 Å². The molecule has 0 aliphatic carbocycles. The van der Waals surface area contributed by atoms with Crippen LogP contribution in [0.1, 0.15) is 47.0 Å². The molecule has 0 heterocycles. The number of rotatable bonds is 7. The molecule has 162 valence electrons. The zero-order chi connectivity index (χ0) is 22.6. The summed E-state index contributed by atoms with van der Waals surface area (Å²) in [7, 11) is 0. The van der Waals surface area contributed by atoms with E-state index in [2.05, 4.69) is 13.8 Å². The third kappa shape index (κ3) is 6.14. The van der Waals surface area contributed by atoms with Crippen molar-refractivity contribution in [1.82, 2.24) is 0 Å². The van der Waals surface area contributed by atoms with Crippen LogP contribution in [-0.4, -0.2) is 5.91 Å². The number of halogens is 3. The number of benzene rings is 3. The lowest BCUT2D eigenvalue weighted by molar-refractivity contribution is -0.137. The van der Waals surface area contributed by atoms with Crippen LogP contribution in [0, 0.1) is 5.92 Å². The highest BCUT2D eigenvalue weighted by atomic mass is 32.2. The second-order valence-electron chi connectivity index (χ2n) is 7.82. The van der Waals surface area contributed by atoms with Gasteiger partial charge in [0.05, 0.1) is 5.56 Å². The third-order valence-corrected chi connectivity index (χ3v) is 6.22. The molecule has 2 N–H and O–H groups in total. The molecule has 2 nitrogen and oxygen atoms in total. The molecule has 0 saturated carbocycles. The number of primary amides is 1. The summed E-state index contributed by atoms with van der Waals surface area (Å²) in [5.41, 5.74) is 7.90. The molecule has 0 aromatic heterocycles. The summed E-state index contributed by atoms with van der Waals surface area (Å²) in [5, 5.41) is 0.207. The molecule has 1 atom stereocenters. The Morgan fingerprint density at radius 2 is 1.39 bits per heavy atom. The van der Waals surface area contributed by atoms with E-state index in [-0.39, 0.29) is 5.25 Å². The molecule has 0 saturated heterocycles. The molecule has 0 spiro atoms. The fourth-order valence-corrected chi connectivity index (χ4v) is 4.68. The minimum Gasteiger partial charge on any atom is -0.366 e. The molecule has 0 radical (unpaired) electrons. The van der Waals surface area contributed by atoms with Gasteiger partial charge in [0.2, 0.25) is 5.91 Å². The topological polar surface area (TPSA) is 43.1 Å². The van der Waals surface area contributed by atoms with Crippen LogP contribution < -0.4 is 5.73 Å². The zero-order valence-electron chi connectivity index (χ0n) is 17.3. The summed E-state index contributed by atoms with van der Waals surface area (Å²) in [6.07, 6.45) is -3.37. The van der Waals surface area contributed by atoms with Crippen LogP contribution in [0.2, 0.25) is 0 Å². The summed E-state index contributed by atoms with van der Waals surface area (Å²) in [6.45, 7) is 4.33. The highest BCUT2D eigenvalue weighted by Crippen LogP contribution is 2.40. The van der Waals surface area contributed by atoms with E-state index in [0.717, 1.165) is 40.1 Å². The number of hydrogen-bond acceptors (Lipinski definition) is 2. The quantitative estimate of drug-likeness (QED) is 0.388. The van der Waals surface area contributed by atoms with Crippen LogP contribution in [0.15, 0.2) is 77.7 Å². The molecule has 0 bridgehead atoms. The number of amides is 1. The Bertz CT molecular complexity index is 1010. The van der Waals surface area contributed by atoms with E-state index in [1.807, 2.05) is 36.4 Å². The average molecular weight is 444 g/mol. The van der Waals surface area contributed by atoms with Gasteiger partial charge in [0.1, 0.15) is 0 Å². The van der Waals surface area contributed by atoms with Crippen LogP contribution in [0.25, 0.3) is 11.1 Å². The second kappa shape index (κ2) is 9.60. The van der Waals surface area contributed by atoms with Crippen LogP contribution in [0.5, 0.6) is 0 Å². The maximum Gasteiger partial charge on any atom is 0.416 e. The molecule has 0 aliphatic heterocycles. The van der Waals surface area contributed by atoms with Gasteiger partial charge in [0.25, 0.3) is 0 Å². The first-order valence-electron chi connectivity index (χ1n) is 9.97. The summed E-state index contributed by atoms with van der Waals surface area (Å²) in [6, 6.07) is 20.4. The molecule has 6 heteroatoms. The Hall–Kier alpha value is -2.73. The normalized spacial score (nSPS) is 12.7. The minimum absolute atomic E-state index is 0.207. The van der Waals surface area contributed by atoms with E-state index in [4.69, 9.17) is 5.73 Å². The molecule has 3 rings (SSSR count). The summed E-state index contributed by atoms with van der Waals surface area (Å²) >= 11 is 1.73. The van der Waals surface area contributed by atoms with Crippen molar-refractivity contribution in [3.63, 3.8) is 0 Å². The number of carbonyl (C=O) groups excluding carboxylic acids is 1. The van der Waals surface area contributed by atoms with Crippen molar-refractivity contribution >= 4 is 17.7 Å². The van der Waals surface area contributed by atoms with E-state index >= 15 is 0 Å². The highest BCUT2D eigenvalue weighted by Gasteiger charge is 2.29. The van der Waals surface area contributed by atoms with Crippen molar-refractivity contribution in [1.29, 1.82) is 0 Å². The summed E-state index contributed by atoms with van der Waals surface area (Å²) < 4.78 is 38.3. The monoisotopic (exact) mass is 443 g/mol. The Kier molecular flexibility index (Phi) is 7.11. The highest BCUT2D eigenvalue weighted by molar-refractivity contribution is 7.99. The molecule has 1 amide bonds. The van der Waals surface area contributed by atoms with Crippen LogP contribution in [-0.2, 0) is 6.18 Å². The maximum atomic E-state index is 12.8. The van der Waals surface area contributed by atoms with Gasteiger partial charge in [-0.05, 0) is 65.4 Å². The molecule has 3 aromatic carbocycles. The second-order valence-corrected chi connectivity index (χ2v) is 9.10. The molecule has 3 aromatic rings. The van der Waals surface area contributed by atoms with Gasteiger partial charge in [-0.15, -0.1) is 11.8 Å². The SMILES string of the molecule is CC(C)CC(Sc1ccc(-c2ccc(C(F)(F)F)cc2)cc1)c1ccc(C(N)=O)cc1. The smallest absolute Gasteiger partial charge is 0.366 e. The van der Waals surface area contributed by atoms with Crippen molar-refractivity contribution < 1.29 is 18.0 Å². The predicted octanol–water partition coefficient (Wildman–Crippen LogP) is 7.35. The summed E-state index contributed by atoms with van der Waals surface area (Å²) in [4.78, 5) is 12.4. The van der Waals surface area contributed by atoms with Gasteiger partial charge < -0.3 is 5.73 Å². The van der Waals surface area contributed by atoms with Crippen molar-refractivity contribution in [2.24, 2.45) is 11.7 Å². The molecule has 1 unspecified atom stereocenters. The Morgan fingerprint density at radius 3 is 1.84 bits per heavy atom. The van der Waals surface area contributed by atoms with Gasteiger partial charge in [-0.1, -0.05) is 50.2 Å². The number of alkyl halides is 3. The van der Waals surface area contributed by atoms with E-state index in [1.165, 1.54) is 12.1 Å². The van der Waals surface area contributed by atoms with Gasteiger partial charge in [-0.3, -0.25) is 4.79 Å². The van der Waals surface area contributed by atoms with E-state index < -0.39 is 17.6 Å². The maximum absolute atomic E-state index is 12.8. The first-order chi connectivity index (χ1) is 14.6. The average Bonchev–Trinajstić information content (AvgIpc) is 2.73. The lowest BCUT2D eigenvalue weighted by Gasteiger charge is -2.20. The number of carbonyl (C=O) groups is 1. The Balaban J connectivity index is 1.77. The van der Waals surface area contributed by atoms with Crippen LogP contribution in [0.3, 0.4) is 0 Å². The molecule has 31 heavy (non-hydrogen) atoms. The molecule has 0 fully saturated rings. The zero-order valence-corrected chi connectivity index (χ0v) is 18.1. The van der Waals surface area contributed by atoms with Crippen LogP contribution in [0.4, 0.5) is 13.2 Å². The Morgan fingerprint density at radius 1 is 0.871 bits per heavy atom. The van der Waals surface area contributed by atoms with Gasteiger partial charge in [0.15, 0.2) is 0 Å². The van der Waals surface area contributed by atoms with Gasteiger partial charge >= 0.3 is 6.18 Å². The lowest BCUT2D eigenvalue weighted by atomic mass is 10.0. The fraction of sp³-hybridized carbons (Fsp3) is 0.240. The predicted molar refractivity (Wildman–Crippen MR) is 120 cm³/mol. The third-order valence-electron chi connectivity index (χ3n) is 4.93. The molecular weight excluding hydrogens is 419 g/mol. The first kappa shape index (κ1) is 22.9. The minimum atomic E-state index is -4.33. The van der Waals surface area contributed by atoms with Gasteiger partial charge in [0, 0.05) is 15.7 Å². The van der Waals surface area contributed by atoms with E-state index in [0.29, 0.717) is 11.5 Å². The number of thioether (sulfide) groups is 1. The van der Waals surface area contributed by atoms with Crippen molar-refractivity contribution in [2.45, 2.75) is 36.6 Å². The standard InChI is InChI=1S/C25H24F3NOS/c1-16(2)15-23(19-3-5-20(6-4-19)24(29)30)31-22-13-9-18(10-14-22)17-7-11-21(12-8-17)25(26,27)28/h3-14,16,23H,15H2,1-2H3,(H2,29,30). The number of hydrogen-bond donors (Lipinski definition) is 1. The van der Waals surface area contributed by atoms with Crippen molar-refractivity contribution in [3.8, 4) is 11.1 Å². The number of nitrogens with two attached hydrogens (primary N) is 1. The van der Waals surface area contributed by atoms with E-state index in [1.54, 1.807) is 23.9 Å². The lowest BCUT2D eigenvalue weighted by Crippen LogP contribution is -2.10. The van der Waals surface area contributed by atoms with Crippen molar-refractivity contribution in [2.75, 3.05) is 0 Å². The largest absolute Gasteiger partial charge is 0.416 e.